The van der Waals surface area contributed by atoms with Gasteiger partial charge in [-0.2, -0.15) is 0 Å². The third kappa shape index (κ3) is 3.38. The number of hydrogen-bond donors (Lipinski definition) is 2. The van der Waals surface area contributed by atoms with Crippen molar-refractivity contribution >= 4 is 33.8 Å². The van der Waals surface area contributed by atoms with E-state index >= 15 is 0 Å². The molecule has 2 heterocycles. The molecule has 2 N–H and O–H groups in total. The molecule has 5 nitrogen and oxygen atoms in total. The quantitative estimate of drug-likeness (QED) is 0.746. The van der Waals surface area contributed by atoms with Crippen LogP contribution in [0.1, 0.15) is 16.2 Å². The minimum atomic E-state index is -1.02. The second-order valence-electron chi connectivity index (χ2n) is 4.87. The van der Waals surface area contributed by atoms with Crippen molar-refractivity contribution in [2.45, 2.75) is 6.92 Å². The molecular weight excluding hydrogens is 334 g/mol. The summed E-state index contributed by atoms with van der Waals surface area (Å²) in [7, 11) is 0. The van der Waals surface area contributed by atoms with Gasteiger partial charge in [0.05, 0.1) is 11.2 Å². The summed E-state index contributed by atoms with van der Waals surface area (Å²) in [5.74, 6) is -2.10. The van der Waals surface area contributed by atoms with Crippen LogP contribution in [0.25, 0.3) is 0 Å². The van der Waals surface area contributed by atoms with E-state index in [1.165, 1.54) is 17.6 Å². The Morgan fingerprint density at radius 2 is 1.96 bits per heavy atom. The van der Waals surface area contributed by atoms with Crippen molar-refractivity contribution in [2.75, 3.05) is 10.6 Å². The largest absolute Gasteiger partial charge is 0.343 e. The van der Waals surface area contributed by atoms with Crippen LogP contribution in [0.15, 0.2) is 41.9 Å². The maximum Gasteiger partial charge on any atom is 0.278 e. The number of rotatable bonds is 4. The topological polar surface area (TPSA) is 66.9 Å². The SMILES string of the molecule is Cc1cccc(NC(=O)c2ncsc2Nc2cccc(F)c2F)n1. The number of aryl methyl sites for hydroxylation is 1. The highest BCUT2D eigenvalue weighted by atomic mass is 32.1. The summed E-state index contributed by atoms with van der Waals surface area (Å²) in [5.41, 5.74) is 2.21. The molecular formula is C16H12F2N4OS. The standard InChI is InChI=1S/C16H12F2N4OS/c1-9-4-2-7-12(20-9)22-15(23)14-16(24-8-19-14)21-11-6-3-5-10(17)13(11)18/h2-8,21H,1H3,(H,20,22,23). The zero-order valence-electron chi connectivity index (χ0n) is 12.5. The van der Waals surface area contributed by atoms with Crippen molar-refractivity contribution in [3.8, 4) is 0 Å². The minimum Gasteiger partial charge on any atom is -0.343 e. The van der Waals surface area contributed by atoms with Gasteiger partial charge in [0.1, 0.15) is 10.8 Å². The molecule has 1 amide bonds. The van der Waals surface area contributed by atoms with Crippen LogP contribution in [-0.2, 0) is 0 Å². The van der Waals surface area contributed by atoms with Crippen molar-refractivity contribution < 1.29 is 13.6 Å². The van der Waals surface area contributed by atoms with Crippen LogP contribution in [0, 0.1) is 18.6 Å². The van der Waals surface area contributed by atoms with Gasteiger partial charge in [0, 0.05) is 5.69 Å². The van der Waals surface area contributed by atoms with Crippen LogP contribution in [0.5, 0.6) is 0 Å². The second kappa shape index (κ2) is 6.71. The first kappa shape index (κ1) is 16.0. The van der Waals surface area contributed by atoms with Gasteiger partial charge in [0.25, 0.3) is 5.91 Å². The van der Waals surface area contributed by atoms with Gasteiger partial charge in [-0.05, 0) is 31.2 Å². The molecule has 0 saturated heterocycles. The summed E-state index contributed by atoms with van der Waals surface area (Å²) in [6, 6.07) is 8.99. The fourth-order valence-corrected chi connectivity index (χ4v) is 2.70. The van der Waals surface area contributed by atoms with Crippen LogP contribution in [0.2, 0.25) is 0 Å². The van der Waals surface area contributed by atoms with Crippen LogP contribution in [-0.4, -0.2) is 15.9 Å². The van der Waals surface area contributed by atoms with Crippen molar-refractivity contribution in [1.82, 2.24) is 9.97 Å². The summed E-state index contributed by atoms with van der Waals surface area (Å²) >= 11 is 1.11. The first-order chi connectivity index (χ1) is 11.5. The highest BCUT2D eigenvalue weighted by Gasteiger charge is 2.17. The van der Waals surface area contributed by atoms with E-state index in [0.717, 1.165) is 23.1 Å². The van der Waals surface area contributed by atoms with E-state index in [-0.39, 0.29) is 11.4 Å². The summed E-state index contributed by atoms with van der Waals surface area (Å²) in [5, 5.41) is 5.63. The number of carbonyl (C=O) groups excluding carboxylic acids is 1. The Balaban J connectivity index is 1.82. The molecule has 0 bridgehead atoms. The lowest BCUT2D eigenvalue weighted by Crippen LogP contribution is -2.15. The number of halogens is 2. The Morgan fingerprint density at radius 1 is 1.17 bits per heavy atom. The van der Waals surface area contributed by atoms with Crippen LogP contribution < -0.4 is 10.6 Å². The lowest BCUT2D eigenvalue weighted by Gasteiger charge is -2.08. The highest BCUT2D eigenvalue weighted by molar-refractivity contribution is 7.14. The van der Waals surface area contributed by atoms with E-state index in [1.54, 1.807) is 25.1 Å². The Labute approximate surface area is 140 Å². The van der Waals surface area contributed by atoms with Gasteiger partial charge >= 0.3 is 0 Å². The average molecular weight is 346 g/mol. The van der Waals surface area contributed by atoms with Gasteiger partial charge in [0.2, 0.25) is 0 Å². The number of benzene rings is 1. The number of anilines is 3. The van der Waals surface area contributed by atoms with Gasteiger partial charge in [-0.3, -0.25) is 4.79 Å². The predicted molar refractivity (Wildman–Crippen MR) is 88.7 cm³/mol. The Bertz CT molecular complexity index is 897. The van der Waals surface area contributed by atoms with Crippen molar-refractivity contribution in [3.05, 3.63) is 64.9 Å². The third-order valence-corrected chi connectivity index (χ3v) is 3.85. The van der Waals surface area contributed by atoms with Gasteiger partial charge in [-0.15, -0.1) is 11.3 Å². The highest BCUT2D eigenvalue weighted by Crippen LogP contribution is 2.27. The van der Waals surface area contributed by atoms with Crippen LogP contribution in [0.3, 0.4) is 0 Å². The summed E-state index contributed by atoms with van der Waals surface area (Å²) in [6.45, 7) is 1.80. The summed E-state index contributed by atoms with van der Waals surface area (Å²) < 4.78 is 27.0. The van der Waals surface area contributed by atoms with E-state index in [4.69, 9.17) is 0 Å². The van der Waals surface area contributed by atoms with Gasteiger partial charge in [-0.25, -0.2) is 18.7 Å². The molecule has 24 heavy (non-hydrogen) atoms. The first-order valence-electron chi connectivity index (χ1n) is 6.94. The van der Waals surface area contributed by atoms with Crippen molar-refractivity contribution in [3.63, 3.8) is 0 Å². The molecule has 3 rings (SSSR count). The number of hydrogen-bond acceptors (Lipinski definition) is 5. The molecule has 0 fully saturated rings. The van der Waals surface area contributed by atoms with Gasteiger partial charge in [0.15, 0.2) is 17.3 Å². The maximum atomic E-state index is 13.8. The zero-order chi connectivity index (χ0) is 17.1. The van der Waals surface area contributed by atoms with Crippen LogP contribution >= 0.6 is 11.3 Å². The van der Waals surface area contributed by atoms with Crippen molar-refractivity contribution in [2.24, 2.45) is 0 Å². The number of pyridine rings is 1. The van der Waals surface area contributed by atoms with E-state index in [2.05, 4.69) is 20.6 Å². The number of nitrogens with zero attached hydrogens (tertiary/aromatic N) is 2. The summed E-state index contributed by atoms with van der Waals surface area (Å²) in [6.07, 6.45) is 0. The molecule has 0 aliphatic heterocycles. The maximum absolute atomic E-state index is 13.8. The van der Waals surface area contributed by atoms with Gasteiger partial charge in [-0.1, -0.05) is 12.1 Å². The van der Waals surface area contributed by atoms with E-state index in [1.807, 2.05) is 0 Å². The molecule has 0 atom stereocenters. The number of aromatic nitrogens is 2. The van der Waals surface area contributed by atoms with E-state index in [0.29, 0.717) is 10.8 Å². The molecule has 1 aromatic carbocycles. The Hall–Kier alpha value is -2.87. The average Bonchev–Trinajstić information content (AvgIpc) is 3.00. The molecule has 0 spiro atoms. The number of thiazole rings is 1. The second-order valence-corrected chi connectivity index (χ2v) is 5.73. The Kier molecular flexibility index (Phi) is 4.48. The monoisotopic (exact) mass is 346 g/mol. The smallest absolute Gasteiger partial charge is 0.278 e. The minimum absolute atomic E-state index is 0.0676. The van der Waals surface area contributed by atoms with E-state index in [9.17, 15) is 13.6 Å². The molecule has 0 radical (unpaired) electrons. The van der Waals surface area contributed by atoms with Crippen molar-refractivity contribution in [1.29, 1.82) is 0 Å². The fourth-order valence-electron chi connectivity index (χ4n) is 2.01. The molecule has 0 saturated carbocycles. The number of carbonyl (C=O) groups is 1. The lowest BCUT2D eigenvalue weighted by atomic mass is 10.3. The molecule has 0 aliphatic rings. The lowest BCUT2D eigenvalue weighted by molar-refractivity contribution is 0.102. The molecule has 0 unspecified atom stereocenters. The van der Waals surface area contributed by atoms with Crippen LogP contribution in [0.4, 0.5) is 25.3 Å². The molecule has 0 aliphatic carbocycles. The van der Waals surface area contributed by atoms with Gasteiger partial charge < -0.3 is 10.6 Å². The molecule has 8 heteroatoms. The number of amides is 1. The van der Waals surface area contributed by atoms with E-state index < -0.39 is 17.5 Å². The number of nitrogens with one attached hydrogen (secondary N) is 2. The predicted octanol–water partition coefficient (Wildman–Crippen LogP) is 4.12. The molecule has 2 aromatic heterocycles. The first-order valence-corrected chi connectivity index (χ1v) is 7.82. The zero-order valence-corrected chi connectivity index (χ0v) is 13.3. The normalized spacial score (nSPS) is 10.5. The summed E-state index contributed by atoms with van der Waals surface area (Å²) in [4.78, 5) is 20.5. The third-order valence-electron chi connectivity index (χ3n) is 3.11. The molecule has 3 aromatic rings. The molecule has 122 valence electrons. The Morgan fingerprint density at radius 3 is 2.75 bits per heavy atom. The fraction of sp³-hybridized carbons (Fsp3) is 0.0625.